The Morgan fingerprint density at radius 3 is 2.70 bits per heavy atom. The fourth-order valence-corrected chi connectivity index (χ4v) is 1.70. The summed E-state index contributed by atoms with van der Waals surface area (Å²) >= 11 is 0. The number of aryl methyl sites for hydroxylation is 1. The molecule has 1 unspecified atom stereocenters. The Bertz CT molecular complexity index is 549. The number of nitrogens with one attached hydrogen (secondary N) is 1. The molecule has 0 bridgehead atoms. The highest BCUT2D eigenvalue weighted by molar-refractivity contribution is 5.95. The molecule has 1 amide bonds. The molecule has 0 aromatic carbocycles. The highest BCUT2D eigenvalue weighted by Crippen LogP contribution is 2.07. The molecule has 0 fully saturated rings. The van der Waals surface area contributed by atoms with Crippen LogP contribution in [0.4, 0.5) is 0 Å². The first-order valence-corrected chi connectivity index (χ1v) is 6.41. The van der Waals surface area contributed by atoms with Gasteiger partial charge in [-0.1, -0.05) is 19.8 Å². The van der Waals surface area contributed by atoms with Gasteiger partial charge in [0.1, 0.15) is 17.8 Å². The smallest absolute Gasteiger partial charge is 0.326 e. The molecule has 2 N–H and O–H groups in total. The van der Waals surface area contributed by atoms with Gasteiger partial charge >= 0.3 is 5.97 Å². The molecule has 0 aliphatic rings. The summed E-state index contributed by atoms with van der Waals surface area (Å²) in [5, 5.41) is 20.3. The number of carbonyl (C=O) groups excluding carboxylic acids is 1. The van der Waals surface area contributed by atoms with Crippen molar-refractivity contribution < 1.29 is 14.7 Å². The molecule has 6 nitrogen and oxygen atoms in total. The number of rotatable bonds is 6. The third-order valence-electron chi connectivity index (χ3n) is 2.89. The van der Waals surface area contributed by atoms with E-state index in [1.807, 2.05) is 13.0 Å². The van der Waals surface area contributed by atoms with Crippen LogP contribution in [0.1, 0.15) is 47.9 Å². The number of carboxylic acid groups (broad SMARTS) is 1. The van der Waals surface area contributed by atoms with Crippen LogP contribution in [0.25, 0.3) is 0 Å². The fraction of sp³-hybridized carbons (Fsp3) is 0.429. The van der Waals surface area contributed by atoms with E-state index in [-0.39, 0.29) is 5.69 Å². The Kier molecular flexibility index (Phi) is 5.66. The number of nitrogens with zero attached hydrogens (tertiary/aromatic N) is 2. The zero-order valence-electron chi connectivity index (χ0n) is 11.5. The zero-order valence-corrected chi connectivity index (χ0v) is 11.5. The van der Waals surface area contributed by atoms with Crippen molar-refractivity contribution in [1.82, 2.24) is 10.3 Å². The predicted molar refractivity (Wildman–Crippen MR) is 72.1 cm³/mol. The maximum absolute atomic E-state index is 12.0. The van der Waals surface area contributed by atoms with E-state index in [2.05, 4.69) is 10.3 Å². The lowest BCUT2D eigenvalue weighted by atomic mass is 10.1. The Labute approximate surface area is 117 Å². The Hall–Kier alpha value is -2.42. The maximum atomic E-state index is 12.0. The lowest BCUT2D eigenvalue weighted by Gasteiger charge is -2.13. The van der Waals surface area contributed by atoms with Crippen LogP contribution in [0.2, 0.25) is 0 Å². The van der Waals surface area contributed by atoms with Crippen molar-refractivity contribution in [3.63, 3.8) is 0 Å². The largest absolute Gasteiger partial charge is 0.480 e. The molecule has 1 rings (SSSR count). The van der Waals surface area contributed by atoms with Crippen LogP contribution in [0.15, 0.2) is 12.1 Å². The van der Waals surface area contributed by atoms with Crippen molar-refractivity contribution in [2.75, 3.05) is 0 Å². The van der Waals surface area contributed by atoms with E-state index in [1.165, 1.54) is 12.1 Å². The summed E-state index contributed by atoms with van der Waals surface area (Å²) < 4.78 is 0. The summed E-state index contributed by atoms with van der Waals surface area (Å²) in [6.07, 6.45) is 1.96. The molecule has 0 saturated carbocycles. The highest BCUT2D eigenvalue weighted by atomic mass is 16.4. The van der Waals surface area contributed by atoms with Crippen molar-refractivity contribution in [3.8, 4) is 6.07 Å². The second-order valence-corrected chi connectivity index (χ2v) is 4.45. The summed E-state index contributed by atoms with van der Waals surface area (Å²) in [6.45, 7) is 3.58. The quantitative estimate of drug-likeness (QED) is 0.821. The molecule has 0 aliphatic carbocycles. The number of aromatic nitrogens is 1. The van der Waals surface area contributed by atoms with Gasteiger partial charge in [0.15, 0.2) is 0 Å². The number of hydrogen-bond acceptors (Lipinski definition) is 4. The van der Waals surface area contributed by atoms with Crippen LogP contribution in [0.5, 0.6) is 0 Å². The molecule has 0 saturated heterocycles. The monoisotopic (exact) mass is 275 g/mol. The van der Waals surface area contributed by atoms with Gasteiger partial charge in [0, 0.05) is 0 Å². The molecule has 20 heavy (non-hydrogen) atoms. The topological polar surface area (TPSA) is 103 Å². The molecule has 106 valence electrons. The van der Waals surface area contributed by atoms with Crippen molar-refractivity contribution in [2.45, 2.75) is 39.2 Å². The average molecular weight is 275 g/mol. The van der Waals surface area contributed by atoms with Gasteiger partial charge < -0.3 is 10.4 Å². The van der Waals surface area contributed by atoms with Gasteiger partial charge in [0.2, 0.25) is 0 Å². The third kappa shape index (κ3) is 4.05. The SMILES string of the molecule is CCCCC(NC(=O)c1ccc(C#N)c(C)n1)C(=O)O. The van der Waals surface area contributed by atoms with Gasteiger partial charge in [-0.15, -0.1) is 0 Å². The van der Waals surface area contributed by atoms with Crippen LogP contribution in [0, 0.1) is 18.3 Å². The first-order chi connectivity index (χ1) is 9.49. The Morgan fingerprint density at radius 2 is 2.20 bits per heavy atom. The summed E-state index contributed by atoms with van der Waals surface area (Å²) in [7, 11) is 0. The van der Waals surface area contributed by atoms with E-state index in [9.17, 15) is 9.59 Å². The van der Waals surface area contributed by atoms with Crippen LogP contribution in [-0.4, -0.2) is 28.0 Å². The van der Waals surface area contributed by atoms with E-state index in [4.69, 9.17) is 10.4 Å². The number of unbranched alkanes of at least 4 members (excludes halogenated alkanes) is 1. The second kappa shape index (κ2) is 7.24. The van der Waals surface area contributed by atoms with Crippen LogP contribution in [-0.2, 0) is 4.79 Å². The summed E-state index contributed by atoms with van der Waals surface area (Å²) in [4.78, 5) is 27.0. The van der Waals surface area contributed by atoms with Crippen molar-refractivity contribution >= 4 is 11.9 Å². The van der Waals surface area contributed by atoms with E-state index in [0.29, 0.717) is 17.7 Å². The number of pyridine rings is 1. The first kappa shape index (κ1) is 15.6. The predicted octanol–water partition coefficient (Wildman–Crippen LogP) is 1.63. The van der Waals surface area contributed by atoms with Gasteiger partial charge in [0.05, 0.1) is 11.3 Å². The molecule has 1 heterocycles. The fourth-order valence-electron chi connectivity index (χ4n) is 1.70. The lowest BCUT2D eigenvalue weighted by Crippen LogP contribution is -2.41. The van der Waals surface area contributed by atoms with E-state index >= 15 is 0 Å². The van der Waals surface area contributed by atoms with Gasteiger partial charge in [-0.2, -0.15) is 5.26 Å². The van der Waals surface area contributed by atoms with Gasteiger partial charge in [-0.3, -0.25) is 4.79 Å². The molecule has 1 aromatic rings. The lowest BCUT2D eigenvalue weighted by molar-refractivity contribution is -0.139. The number of nitriles is 1. The standard InChI is InChI=1S/C14H17N3O3/c1-3-4-5-12(14(19)20)17-13(18)11-7-6-10(8-15)9(2)16-11/h6-7,12H,3-5H2,1-2H3,(H,17,18)(H,19,20). The van der Waals surface area contributed by atoms with Gasteiger partial charge in [0.25, 0.3) is 5.91 Å². The third-order valence-corrected chi connectivity index (χ3v) is 2.89. The molecule has 0 spiro atoms. The Balaban J connectivity index is 2.81. The minimum Gasteiger partial charge on any atom is -0.480 e. The highest BCUT2D eigenvalue weighted by Gasteiger charge is 2.20. The normalized spacial score (nSPS) is 11.4. The molecular weight excluding hydrogens is 258 g/mol. The van der Waals surface area contributed by atoms with Crippen molar-refractivity contribution in [2.24, 2.45) is 0 Å². The Morgan fingerprint density at radius 1 is 1.50 bits per heavy atom. The minimum atomic E-state index is -1.06. The maximum Gasteiger partial charge on any atom is 0.326 e. The molecule has 1 atom stereocenters. The summed E-state index contributed by atoms with van der Waals surface area (Å²) in [6, 6.07) is 3.96. The number of hydrogen-bond donors (Lipinski definition) is 2. The number of amides is 1. The molecular formula is C14H17N3O3. The van der Waals surface area contributed by atoms with Gasteiger partial charge in [-0.05, 0) is 25.5 Å². The second-order valence-electron chi connectivity index (χ2n) is 4.45. The van der Waals surface area contributed by atoms with Crippen LogP contribution < -0.4 is 5.32 Å². The van der Waals surface area contributed by atoms with Crippen LogP contribution >= 0.6 is 0 Å². The van der Waals surface area contributed by atoms with Gasteiger partial charge in [-0.25, -0.2) is 9.78 Å². The van der Waals surface area contributed by atoms with Crippen LogP contribution in [0.3, 0.4) is 0 Å². The van der Waals surface area contributed by atoms with E-state index in [1.54, 1.807) is 6.92 Å². The zero-order chi connectivity index (χ0) is 15.1. The molecule has 0 radical (unpaired) electrons. The van der Waals surface area contributed by atoms with E-state index < -0.39 is 17.9 Å². The number of carboxylic acids is 1. The molecule has 1 aromatic heterocycles. The first-order valence-electron chi connectivity index (χ1n) is 6.41. The molecule has 0 aliphatic heterocycles. The van der Waals surface area contributed by atoms with E-state index in [0.717, 1.165) is 12.8 Å². The van der Waals surface area contributed by atoms with Crippen molar-refractivity contribution in [1.29, 1.82) is 5.26 Å². The number of carbonyl (C=O) groups is 2. The summed E-state index contributed by atoms with van der Waals surface area (Å²) in [5.41, 5.74) is 0.951. The summed E-state index contributed by atoms with van der Waals surface area (Å²) in [5.74, 6) is -1.60. The number of aliphatic carboxylic acids is 1. The minimum absolute atomic E-state index is 0.115. The molecule has 6 heteroatoms. The average Bonchev–Trinajstić information content (AvgIpc) is 2.42. The van der Waals surface area contributed by atoms with Crippen molar-refractivity contribution in [3.05, 3.63) is 29.1 Å².